The summed E-state index contributed by atoms with van der Waals surface area (Å²) in [4.78, 5) is 11.6. The summed E-state index contributed by atoms with van der Waals surface area (Å²) in [6, 6.07) is 6.44. The molecular weight excluding hydrogens is 254 g/mol. The highest BCUT2D eigenvalue weighted by molar-refractivity contribution is 6.30. The quantitative estimate of drug-likeness (QED) is 0.889. The molecule has 1 aromatic carbocycles. The maximum Gasteiger partial charge on any atom is 0.408 e. The molecule has 1 atom stereocenters. The number of aliphatic hydroxyl groups is 1. The number of benzene rings is 1. The number of halogens is 1. The van der Waals surface area contributed by atoms with Gasteiger partial charge in [0.25, 0.3) is 0 Å². The Morgan fingerprint density at radius 2 is 2.17 bits per heavy atom. The molecule has 0 aliphatic carbocycles. The average molecular weight is 272 g/mol. The first-order valence-corrected chi connectivity index (χ1v) is 6.05. The van der Waals surface area contributed by atoms with E-state index in [1.54, 1.807) is 45.0 Å². The lowest BCUT2D eigenvalue weighted by Crippen LogP contribution is -2.36. The van der Waals surface area contributed by atoms with Crippen LogP contribution in [0.2, 0.25) is 5.02 Å². The first-order valence-electron chi connectivity index (χ1n) is 5.67. The fourth-order valence-corrected chi connectivity index (χ4v) is 1.61. The molecule has 0 bridgehead atoms. The van der Waals surface area contributed by atoms with Gasteiger partial charge < -0.3 is 15.2 Å². The van der Waals surface area contributed by atoms with Gasteiger partial charge in [0.05, 0.1) is 12.6 Å². The highest BCUT2D eigenvalue weighted by atomic mass is 35.5. The molecule has 0 aromatic heterocycles. The summed E-state index contributed by atoms with van der Waals surface area (Å²) in [5, 5.41) is 12.5. The van der Waals surface area contributed by atoms with E-state index in [0.717, 1.165) is 5.56 Å². The number of amides is 1. The van der Waals surface area contributed by atoms with Crippen LogP contribution in [0.5, 0.6) is 0 Å². The van der Waals surface area contributed by atoms with Gasteiger partial charge in [-0.2, -0.15) is 0 Å². The lowest BCUT2D eigenvalue weighted by Gasteiger charge is -2.23. The van der Waals surface area contributed by atoms with E-state index in [-0.39, 0.29) is 6.61 Å². The number of hydrogen-bond donors (Lipinski definition) is 2. The molecule has 2 N–H and O–H groups in total. The van der Waals surface area contributed by atoms with E-state index >= 15 is 0 Å². The van der Waals surface area contributed by atoms with Crippen molar-refractivity contribution in [1.29, 1.82) is 0 Å². The SMILES string of the molecule is CC(C)(C)OC(=O)NC(CO)c1cccc(Cl)c1. The van der Waals surface area contributed by atoms with Gasteiger partial charge in [-0.15, -0.1) is 0 Å². The lowest BCUT2D eigenvalue weighted by molar-refractivity contribution is 0.0482. The van der Waals surface area contributed by atoms with Gasteiger partial charge in [0.2, 0.25) is 0 Å². The van der Waals surface area contributed by atoms with Crippen LogP contribution in [0.3, 0.4) is 0 Å². The largest absolute Gasteiger partial charge is 0.444 e. The molecule has 0 aliphatic rings. The summed E-state index contributed by atoms with van der Waals surface area (Å²) < 4.78 is 5.13. The van der Waals surface area contributed by atoms with Gasteiger partial charge in [-0.25, -0.2) is 4.79 Å². The second-order valence-corrected chi connectivity index (χ2v) is 5.37. The van der Waals surface area contributed by atoms with Crippen molar-refractivity contribution in [2.24, 2.45) is 0 Å². The van der Waals surface area contributed by atoms with Crippen molar-refractivity contribution >= 4 is 17.7 Å². The van der Waals surface area contributed by atoms with Gasteiger partial charge in [0.15, 0.2) is 0 Å². The van der Waals surface area contributed by atoms with Crippen LogP contribution < -0.4 is 5.32 Å². The summed E-state index contributed by atoms with van der Waals surface area (Å²) in [6.07, 6.45) is -0.568. The number of carbonyl (C=O) groups excluding carboxylic acids is 1. The number of ether oxygens (including phenoxy) is 1. The molecule has 0 saturated carbocycles. The van der Waals surface area contributed by atoms with Crippen molar-refractivity contribution in [3.63, 3.8) is 0 Å². The average Bonchev–Trinajstić information content (AvgIpc) is 2.23. The fraction of sp³-hybridized carbons (Fsp3) is 0.462. The van der Waals surface area contributed by atoms with Gasteiger partial charge >= 0.3 is 6.09 Å². The van der Waals surface area contributed by atoms with Crippen molar-refractivity contribution in [3.8, 4) is 0 Å². The van der Waals surface area contributed by atoms with Gasteiger partial charge in [0, 0.05) is 5.02 Å². The lowest BCUT2D eigenvalue weighted by atomic mass is 10.1. The van der Waals surface area contributed by atoms with Crippen LogP contribution in [-0.2, 0) is 4.74 Å². The third-order valence-electron chi connectivity index (χ3n) is 2.12. The van der Waals surface area contributed by atoms with Crippen molar-refractivity contribution in [1.82, 2.24) is 5.32 Å². The van der Waals surface area contributed by atoms with Crippen LogP contribution in [0.15, 0.2) is 24.3 Å². The van der Waals surface area contributed by atoms with Crippen LogP contribution in [0.25, 0.3) is 0 Å². The van der Waals surface area contributed by atoms with Gasteiger partial charge in [0.1, 0.15) is 5.60 Å². The first kappa shape index (κ1) is 14.8. The maximum atomic E-state index is 11.6. The van der Waals surface area contributed by atoms with E-state index in [2.05, 4.69) is 5.32 Å². The Balaban J connectivity index is 2.71. The minimum Gasteiger partial charge on any atom is -0.444 e. The molecule has 0 aliphatic heterocycles. The van der Waals surface area contributed by atoms with Crippen LogP contribution in [0.1, 0.15) is 32.4 Å². The minimum absolute atomic E-state index is 0.223. The molecule has 18 heavy (non-hydrogen) atoms. The third-order valence-corrected chi connectivity index (χ3v) is 2.36. The molecule has 0 fully saturated rings. The Labute approximate surface area is 112 Å². The van der Waals surface area contributed by atoms with Crippen molar-refractivity contribution in [3.05, 3.63) is 34.9 Å². The van der Waals surface area contributed by atoms with E-state index in [0.29, 0.717) is 5.02 Å². The predicted molar refractivity (Wildman–Crippen MR) is 70.6 cm³/mol. The van der Waals surface area contributed by atoms with E-state index in [1.807, 2.05) is 0 Å². The summed E-state index contributed by atoms with van der Waals surface area (Å²) in [5.74, 6) is 0. The number of carbonyl (C=O) groups is 1. The van der Waals surface area contributed by atoms with E-state index in [9.17, 15) is 9.90 Å². The zero-order valence-corrected chi connectivity index (χ0v) is 11.5. The predicted octanol–water partition coefficient (Wildman–Crippen LogP) is 2.90. The summed E-state index contributed by atoms with van der Waals surface area (Å²) in [7, 11) is 0. The number of rotatable bonds is 3. The van der Waals surface area contributed by atoms with Crippen LogP contribution in [0, 0.1) is 0 Å². The standard InChI is InChI=1S/C13H18ClNO3/c1-13(2,3)18-12(17)15-11(8-16)9-5-4-6-10(14)7-9/h4-7,11,16H,8H2,1-3H3,(H,15,17). The molecule has 4 nitrogen and oxygen atoms in total. The normalized spacial score (nSPS) is 12.9. The monoisotopic (exact) mass is 271 g/mol. The fourth-order valence-electron chi connectivity index (χ4n) is 1.41. The molecule has 1 aromatic rings. The van der Waals surface area contributed by atoms with E-state index in [4.69, 9.17) is 16.3 Å². The smallest absolute Gasteiger partial charge is 0.408 e. The van der Waals surface area contributed by atoms with Crippen molar-refractivity contribution in [2.75, 3.05) is 6.61 Å². The summed E-state index contributed by atoms with van der Waals surface area (Å²) >= 11 is 5.86. The number of hydrogen-bond acceptors (Lipinski definition) is 3. The highest BCUT2D eigenvalue weighted by Crippen LogP contribution is 2.18. The van der Waals surface area contributed by atoms with Gasteiger partial charge in [-0.1, -0.05) is 23.7 Å². The zero-order valence-electron chi connectivity index (χ0n) is 10.7. The van der Waals surface area contributed by atoms with Crippen molar-refractivity contribution < 1.29 is 14.6 Å². The molecular formula is C13H18ClNO3. The second-order valence-electron chi connectivity index (χ2n) is 4.94. The molecule has 1 rings (SSSR count). The molecule has 100 valence electrons. The van der Waals surface area contributed by atoms with Gasteiger partial charge in [-0.3, -0.25) is 0 Å². The molecule has 0 radical (unpaired) electrons. The molecule has 1 unspecified atom stereocenters. The molecule has 0 heterocycles. The minimum atomic E-state index is -0.571. The first-order chi connectivity index (χ1) is 8.31. The molecule has 1 amide bonds. The van der Waals surface area contributed by atoms with Crippen molar-refractivity contribution in [2.45, 2.75) is 32.4 Å². The van der Waals surface area contributed by atoms with E-state index < -0.39 is 17.7 Å². The molecule has 0 spiro atoms. The summed E-state index contributed by atoms with van der Waals surface area (Å²) in [6.45, 7) is 5.11. The Morgan fingerprint density at radius 3 is 2.67 bits per heavy atom. The summed E-state index contributed by atoms with van der Waals surface area (Å²) in [5.41, 5.74) is 0.161. The Hall–Kier alpha value is -1.26. The van der Waals surface area contributed by atoms with Gasteiger partial charge in [-0.05, 0) is 38.5 Å². The second kappa shape index (κ2) is 6.07. The number of aliphatic hydroxyl groups excluding tert-OH is 1. The maximum absolute atomic E-state index is 11.6. The highest BCUT2D eigenvalue weighted by Gasteiger charge is 2.20. The Morgan fingerprint density at radius 1 is 1.50 bits per heavy atom. The molecule has 0 saturated heterocycles. The molecule has 5 heteroatoms. The van der Waals surface area contributed by atoms with Crippen LogP contribution >= 0.6 is 11.6 Å². The van der Waals surface area contributed by atoms with E-state index in [1.165, 1.54) is 0 Å². The van der Waals surface area contributed by atoms with Crippen LogP contribution in [-0.4, -0.2) is 23.4 Å². The topological polar surface area (TPSA) is 58.6 Å². The van der Waals surface area contributed by atoms with Crippen LogP contribution in [0.4, 0.5) is 4.79 Å². The number of alkyl carbamates (subject to hydrolysis) is 1. The Kier molecular flexibility index (Phi) is 4.99. The Bertz CT molecular complexity index is 415. The number of nitrogens with one attached hydrogen (secondary N) is 1. The third kappa shape index (κ3) is 4.94. The zero-order chi connectivity index (χ0) is 13.8.